The summed E-state index contributed by atoms with van der Waals surface area (Å²) >= 11 is 0. The molecule has 0 saturated heterocycles. The van der Waals surface area contributed by atoms with E-state index in [4.69, 9.17) is 0 Å². The maximum atomic E-state index is 11.8. The molecule has 0 aromatic carbocycles. The number of fused-ring (bicyclic) bond motifs is 1. The molecule has 0 fully saturated rings. The third-order valence-electron chi connectivity index (χ3n) is 2.26. The molecule has 5 nitrogen and oxygen atoms in total. The summed E-state index contributed by atoms with van der Waals surface area (Å²) in [7, 11) is 0. The Hall–Kier alpha value is -2.04. The number of amides is 1. The Labute approximate surface area is 99.3 Å². The number of hydrogen-bond acceptors (Lipinski definition) is 4. The standard InChI is InChI=1S/C12H14N4O/c1-8(2)6-16-12(17)9-5-10-11(15-7-9)14-4-3-13-10/h3-5,7-8H,6H2,1-2H3,(H,16,17). The lowest BCUT2D eigenvalue weighted by Gasteiger charge is -2.07. The van der Waals surface area contributed by atoms with Gasteiger partial charge in [-0.15, -0.1) is 0 Å². The summed E-state index contributed by atoms with van der Waals surface area (Å²) in [6, 6.07) is 1.70. The number of nitrogens with one attached hydrogen (secondary N) is 1. The minimum atomic E-state index is -0.126. The number of nitrogens with zero attached hydrogens (tertiary/aromatic N) is 3. The Morgan fingerprint density at radius 1 is 1.29 bits per heavy atom. The molecular formula is C12H14N4O. The number of pyridine rings is 1. The third-order valence-corrected chi connectivity index (χ3v) is 2.26. The first-order valence-corrected chi connectivity index (χ1v) is 5.52. The average molecular weight is 230 g/mol. The zero-order chi connectivity index (χ0) is 12.3. The molecule has 0 spiro atoms. The van der Waals surface area contributed by atoms with E-state index in [1.54, 1.807) is 18.5 Å². The molecule has 88 valence electrons. The Balaban J connectivity index is 2.21. The quantitative estimate of drug-likeness (QED) is 0.865. The molecule has 2 aromatic rings. The minimum absolute atomic E-state index is 0.126. The second-order valence-corrected chi connectivity index (χ2v) is 4.23. The Bertz CT molecular complexity index is 539. The van der Waals surface area contributed by atoms with Gasteiger partial charge in [-0.3, -0.25) is 9.78 Å². The largest absolute Gasteiger partial charge is 0.352 e. The van der Waals surface area contributed by atoms with Crippen molar-refractivity contribution in [1.82, 2.24) is 20.3 Å². The van der Waals surface area contributed by atoms with E-state index in [0.717, 1.165) is 0 Å². The van der Waals surface area contributed by atoms with Crippen LogP contribution in [0, 0.1) is 5.92 Å². The second kappa shape index (κ2) is 4.86. The highest BCUT2D eigenvalue weighted by atomic mass is 16.1. The predicted octanol–water partition coefficient (Wildman–Crippen LogP) is 1.41. The van der Waals surface area contributed by atoms with Gasteiger partial charge in [-0.25, -0.2) is 9.97 Å². The Morgan fingerprint density at radius 3 is 2.82 bits per heavy atom. The van der Waals surface area contributed by atoms with E-state index in [1.807, 2.05) is 13.8 Å². The van der Waals surface area contributed by atoms with E-state index in [1.165, 1.54) is 6.20 Å². The monoisotopic (exact) mass is 230 g/mol. The molecular weight excluding hydrogens is 216 g/mol. The van der Waals surface area contributed by atoms with Crippen LogP contribution < -0.4 is 5.32 Å². The first-order chi connectivity index (χ1) is 8.16. The fraction of sp³-hybridized carbons (Fsp3) is 0.333. The average Bonchev–Trinajstić information content (AvgIpc) is 2.35. The highest BCUT2D eigenvalue weighted by Gasteiger charge is 2.08. The number of hydrogen-bond donors (Lipinski definition) is 1. The second-order valence-electron chi connectivity index (χ2n) is 4.23. The van der Waals surface area contributed by atoms with Crippen LogP contribution in [-0.4, -0.2) is 27.4 Å². The maximum absolute atomic E-state index is 11.8. The van der Waals surface area contributed by atoms with Gasteiger partial charge >= 0.3 is 0 Å². The lowest BCUT2D eigenvalue weighted by Crippen LogP contribution is -2.27. The van der Waals surface area contributed by atoms with Gasteiger partial charge in [-0.1, -0.05) is 13.8 Å². The van der Waals surface area contributed by atoms with E-state index in [2.05, 4.69) is 20.3 Å². The normalized spacial score (nSPS) is 10.8. The lowest BCUT2D eigenvalue weighted by molar-refractivity contribution is 0.0949. The van der Waals surface area contributed by atoms with Crippen molar-refractivity contribution in [2.75, 3.05) is 6.54 Å². The van der Waals surface area contributed by atoms with Crippen LogP contribution in [0.3, 0.4) is 0 Å². The van der Waals surface area contributed by atoms with Crippen molar-refractivity contribution in [2.24, 2.45) is 5.92 Å². The zero-order valence-electron chi connectivity index (χ0n) is 9.84. The van der Waals surface area contributed by atoms with E-state index in [9.17, 15) is 4.79 Å². The van der Waals surface area contributed by atoms with Crippen LogP contribution >= 0.6 is 0 Å². The van der Waals surface area contributed by atoms with Crippen molar-refractivity contribution in [3.8, 4) is 0 Å². The van der Waals surface area contributed by atoms with Crippen LogP contribution in [0.15, 0.2) is 24.7 Å². The van der Waals surface area contributed by atoms with Crippen LogP contribution in [0.1, 0.15) is 24.2 Å². The number of aromatic nitrogens is 3. The molecule has 0 saturated carbocycles. The van der Waals surface area contributed by atoms with Gasteiger partial charge in [0.15, 0.2) is 5.65 Å². The summed E-state index contributed by atoms with van der Waals surface area (Å²) in [6.07, 6.45) is 4.68. The van der Waals surface area contributed by atoms with Gasteiger partial charge in [0.1, 0.15) is 5.52 Å². The molecule has 2 aromatic heterocycles. The van der Waals surface area contributed by atoms with Crippen LogP contribution in [-0.2, 0) is 0 Å². The molecule has 0 aliphatic carbocycles. The SMILES string of the molecule is CC(C)CNC(=O)c1cnc2nccnc2c1. The molecule has 1 amide bonds. The molecule has 0 bridgehead atoms. The van der Waals surface area contributed by atoms with E-state index in [-0.39, 0.29) is 5.91 Å². The van der Waals surface area contributed by atoms with Crippen molar-refractivity contribution in [3.63, 3.8) is 0 Å². The highest BCUT2D eigenvalue weighted by molar-refractivity contribution is 5.96. The van der Waals surface area contributed by atoms with E-state index >= 15 is 0 Å². The summed E-state index contributed by atoms with van der Waals surface area (Å²) < 4.78 is 0. The van der Waals surface area contributed by atoms with Gasteiger partial charge in [-0.2, -0.15) is 0 Å². The molecule has 2 heterocycles. The van der Waals surface area contributed by atoms with Crippen LogP contribution in [0.4, 0.5) is 0 Å². The van der Waals surface area contributed by atoms with Crippen molar-refractivity contribution < 1.29 is 4.79 Å². The first kappa shape index (κ1) is 11.4. The fourth-order valence-corrected chi connectivity index (χ4v) is 1.38. The molecule has 5 heteroatoms. The fourth-order valence-electron chi connectivity index (χ4n) is 1.38. The van der Waals surface area contributed by atoms with E-state index < -0.39 is 0 Å². The third kappa shape index (κ3) is 2.75. The van der Waals surface area contributed by atoms with E-state index in [0.29, 0.717) is 29.2 Å². The Kier molecular flexibility index (Phi) is 3.27. The van der Waals surface area contributed by atoms with Gasteiger partial charge in [0, 0.05) is 25.1 Å². The van der Waals surface area contributed by atoms with Crippen LogP contribution in [0.5, 0.6) is 0 Å². The van der Waals surface area contributed by atoms with Crippen LogP contribution in [0.2, 0.25) is 0 Å². The maximum Gasteiger partial charge on any atom is 0.252 e. The van der Waals surface area contributed by atoms with Crippen molar-refractivity contribution in [2.45, 2.75) is 13.8 Å². The van der Waals surface area contributed by atoms with Gasteiger partial charge in [0.2, 0.25) is 0 Å². The molecule has 0 atom stereocenters. The molecule has 0 aliphatic rings. The van der Waals surface area contributed by atoms with Gasteiger partial charge in [-0.05, 0) is 12.0 Å². The Morgan fingerprint density at radius 2 is 2.06 bits per heavy atom. The van der Waals surface area contributed by atoms with Gasteiger partial charge in [0.25, 0.3) is 5.91 Å². The predicted molar refractivity (Wildman–Crippen MR) is 64.5 cm³/mol. The van der Waals surface area contributed by atoms with Crippen molar-refractivity contribution in [1.29, 1.82) is 0 Å². The van der Waals surface area contributed by atoms with Gasteiger partial charge < -0.3 is 5.32 Å². The topological polar surface area (TPSA) is 67.8 Å². The summed E-state index contributed by atoms with van der Waals surface area (Å²) in [5.41, 5.74) is 1.69. The molecule has 0 radical (unpaired) electrons. The number of rotatable bonds is 3. The van der Waals surface area contributed by atoms with Crippen molar-refractivity contribution >= 4 is 17.1 Å². The summed E-state index contributed by atoms with van der Waals surface area (Å²) in [5.74, 6) is 0.297. The summed E-state index contributed by atoms with van der Waals surface area (Å²) in [6.45, 7) is 4.74. The number of carbonyl (C=O) groups excluding carboxylic acids is 1. The molecule has 2 rings (SSSR count). The van der Waals surface area contributed by atoms with Crippen LogP contribution in [0.25, 0.3) is 11.2 Å². The number of carbonyl (C=O) groups is 1. The summed E-state index contributed by atoms with van der Waals surface area (Å²) in [5, 5.41) is 2.84. The van der Waals surface area contributed by atoms with Gasteiger partial charge in [0.05, 0.1) is 5.56 Å². The molecule has 0 unspecified atom stereocenters. The minimum Gasteiger partial charge on any atom is -0.352 e. The molecule has 1 N–H and O–H groups in total. The lowest BCUT2D eigenvalue weighted by atomic mass is 10.2. The summed E-state index contributed by atoms with van der Waals surface area (Å²) in [4.78, 5) is 24.1. The zero-order valence-corrected chi connectivity index (χ0v) is 9.84. The van der Waals surface area contributed by atoms with Crippen molar-refractivity contribution in [3.05, 3.63) is 30.2 Å². The molecule has 17 heavy (non-hydrogen) atoms. The highest BCUT2D eigenvalue weighted by Crippen LogP contribution is 2.07. The first-order valence-electron chi connectivity index (χ1n) is 5.52. The molecule has 0 aliphatic heterocycles. The smallest absolute Gasteiger partial charge is 0.252 e.